The summed E-state index contributed by atoms with van der Waals surface area (Å²) in [6.07, 6.45) is 1.52. The average Bonchev–Trinajstić information content (AvgIpc) is 2.67. The Bertz CT molecular complexity index is 593. The van der Waals surface area contributed by atoms with Crippen LogP contribution < -0.4 is 0 Å². The second kappa shape index (κ2) is 5.89. The molecule has 6 nitrogen and oxygen atoms in total. The van der Waals surface area contributed by atoms with Crippen LogP contribution in [0.3, 0.4) is 0 Å². The molecule has 7 heteroatoms. The van der Waals surface area contributed by atoms with Crippen molar-refractivity contribution in [2.45, 2.75) is 6.61 Å². The zero-order valence-electron chi connectivity index (χ0n) is 10.3. The number of hydrogen-bond donors (Lipinski definition) is 2. The number of carbonyl (C=O) groups is 3. The molecule has 0 unspecified atom stereocenters. The first-order valence-corrected chi connectivity index (χ1v) is 6.50. The van der Waals surface area contributed by atoms with Crippen LogP contribution in [-0.4, -0.2) is 38.8 Å². The third kappa shape index (κ3) is 3.06. The predicted molar refractivity (Wildman–Crippen MR) is 72.7 cm³/mol. The number of aliphatic carboxylic acids is 1. The van der Waals surface area contributed by atoms with Crippen LogP contribution >= 0.6 is 11.8 Å². The minimum absolute atomic E-state index is 0.0740. The number of nitrogens with zero attached hydrogens (tertiary/aromatic N) is 1. The molecule has 2 amide bonds. The Morgan fingerprint density at radius 1 is 1.25 bits per heavy atom. The summed E-state index contributed by atoms with van der Waals surface area (Å²) in [6, 6.07) is 6.81. The van der Waals surface area contributed by atoms with Crippen molar-refractivity contribution in [1.29, 1.82) is 0 Å². The maximum Gasteiger partial charge on any atom is 0.323 e. The van der Waals surface area contributed by atoms with Gasteiger partial charge in [-0.3, -0.25) is 19.3 Å². The normalized spacial score (nSPS) is 17.1. The first-order chi connectivity index (χ1) is 9.51. The van der Waals surface area contributed by atoms with Crippen molar-refractivity contribution in [2.75, 3.05) is 6.54 Å². The number of rotatable bonds is 4. The molecule has 0 spiro atoms. The number of aliphatic hydroxyl groups is 1. The van der Waals surface area contributed by atoms with E-state index in [4.69, 9.17) is 10.2 Å². The van der Waals surface area contributed by atoms with Gasteiger partial charge in [0.1, 0.15) is 6.54 Å². The second-order valence-corrected chi connectivity index (χ2v) is 5.05. The largest absolute Gasteiger partial charge is 0.480 e. The minimum atomic E-state index is -1.24. The molecular formula is C13H11NO5S. The zero-order valence-corrected chi connectivity index (χ0v) is 11.1. The number of carbonyl (C=O) groups excluding carboxylic acids is 2. The molecule has 20 heavy (non-hydrogen) atoms. The summed E-state index contributed by atoms with van der Waals surface area (Å²) in [4.78, 5) is 34.9. The van der Waals surface area contributed by atoms with Crippen molar-refractivity contribution in [2.24, 2.45) is 0 Å². The number of amides is 2. The molecule has 0 radical (unpaired) electrons. The monoisotopic (exact) mass is 293 g/mol. The molecule has 1 fully saturated rings. The fraction of sp³-hybridized carbons (Fsp3) is 0.154. The predicted octanol–water partition coefficient (Wildman–Crippen LogP) is 1.30. The van der Waals surface area contributed by atoms with E-state index >= 15 is 0 Å². The van der Waals surface area contributed by atoms with Gasteiger partial charge in [-0.15, -0.1) is 0 Å². The van der Waals surface area contributed by atoms with Gasteiger partial charge in [0.2, 0.25) is 0 Å². The molecule has 0 aliphatic carbocycles. The van der Waals surface area contributed by atoms with E-state index in [1.54, 1.807) is 24.3 Å². The highest BCUT2D eigenvalue weighted by molar-refractivity contribution is 8.18. The van der Waals surface area contributed by atoms with Gasteiger partial charge >= 0.3 is 5.97 Å². The van der Waals surface area contributed by atoms with Crippen molar-refractivity contribution in [3.8, 4) is 0 Å². The van der Waals surface area contributed by atoms with E-state index in [0.717, 1.165) is 5.56 Å². The van der Waals surface area contributed by atoms with Crippen molar-refractivity contribution in [1.82, 2.24) is 4.90 Å². The highest BCUT2D eigenvalue weighted by Gasteiger charge is 2.36. The standard InChI is InChI=1S/C13H11NO5S/c15-7-9-3-1-8(2-4-9)5-10-12(18)14(6-11(16)17)13(19)20-10/h1-5,15H,6-7H2,(H,16,17)/b10-5-. The van der Waals surface area contributed by atoms with Gasteiger partial charge in [-0.1, -0.05) is 24.3 Å². The lowest BCUT2D eigenvalue weighted by atomic mass is 10.1. The second-order valence-electron chi connectivity index (χ2n) is 4.06. The average molecular weight is 293 g/mol. The van der Waals surface area contributed by atoms with Gasteiger partial charge in [-0.25, -0.2) is 0 Å². The Morgan fingerprint density at radius 3 is 2.45 bits per heavy atom. The van der Waals surface area contributed by atoms with Crippen molar-refractivity contribution in [3.05, 3.63) is 40.3 Å². The van der Waals surface area contributed by atoms with Crippen LogP contribution in [-0.2, 0) is 16.2 Å². The van der Waals surface area contributed by atoms with Crippen molar-refractivity contribution < 1.29 is 24.6 Å². The quantitative estimate of drug-likeness (QED) is 0.812. The summed E-state index contributed by atoms with van der Waals surface area (Å²) in [5, 5.41) is 17.0. The number of aliphatic hydroxyl groups excluding tert-OH is 1. The molecule has 1 aliphatic rings. The third-order valence-electron chi connectivity index (χ3n) is 2.63. The van der Waals surface area contributed by atoms with Crippen LogP contribution in [0.25, 0.3) is 6.08 Å². The number of thioether (sulfide) groups is 1. The van der Waals surface area contributed by atoms with Gasteiger partial charge in [0.15, 0.2) is 0 Å². The highest BCUT2D eigenvalue weighted by atomic mass is 32.2. The van der Waals surface area contributed by atoms with E-state index < -0.39 is 23.7 Å². The molecule has 1 aliphatic heterocycles. The summed E-state index contributed by atoms with van der Waals surface area (Å²) in [5.74, 6) is -1.84. The topological polar surface area (TPSA) is 94.9 Å². The van der Waals surface area contributed by atoms with Crippen LogP contribution in [0.15, 0.2) is 29.2 Å². The van der Waals surface area contributed by atoms with E-state index in [0.29, 0.717) is 22.2 Å². The molecular weight excluding hydrogens is 282 g/mol. The summed E-state index contributed by atoms with van der Waals surface area (Å²) in [7, 11) is 0. The molecule has 1 aromatic carbocycles. The number of carboxylic acid groups (broad SMARTS) is 1. The molecule has 0 atom stereocenters. The molecule has 104 valence electrons. The fourth-order valence-corrected chi connectivity index (χ4v) is 2.48. The lowest BCUT2D eigenvalue weighted by molar-refractivity contribution is -0.140. The van der Waals surface area contributed by atoms with Crippen molar-refractivity contribution >= 4 is 35.0 Å². The van der Waals surface area contributed by atoms with Crippen LogP contribution in [0.1, 0.15) is 11.1 Å². The Hall–Kier alpha value is -2.12. The molecule has 0 bridgehead atoms. The molecule has 0 aromatic heterocycles. The Labute approximate surface area is 118 Å². The number of hydrogen-bond acceptors (Lipinski definition) is 5. The van der Waals surface area contributed by atoms with E-state index in [-0.39, 0.29) is 11.5 Å². The molecule has 1 aromatic rings. The zero-order chi connectivity index (χ0) is 14.7. The first-order valence-electron chi connectivity index (χ1n) is 5.68. The SMILES string of the molecule is O=C(O)CN1C(=O)S/C(=C\c2ccc(CO)cc2)C1=O. The first kappa shape index (κ1) is 14.3. The Morgan fingerprint density at radius 2 is 1.90 bits per heavy atom. The number of imide groups is 1. The molecule has 1 heterocycles. The molecule has 2 rings (SSSR count). The van der Waals surface area contributed by atoms with E-state index in [9.17, 15) is 14.4 Å². The molecule has 1 saturated heterocycles. The molecule has 2 N–H and O–H groups in total. The van der Waals surface area contributed by atoms with E-state index in [1.165, 1.54) is 6.08 Å². The summed E-state index contributed by atoms with van der Waals surface area (Å²) < 4.78 is 0. The molecule has 0 saturated carbocycles. The Balaban J connectivity index is 2.20. The van der Waals surface area contributed by atoms with E-state index in [1.807, 2.05) is 0 Å². The maximum absolute atomic E-state index is 11.9. The fourth-order valence-electron chi connectivity index (χ4n) is 1.64. The summed E-state index contributed by atoms with van der Waals surface area (Å²) in [5.41, 5.74) is 1.43. The Kier molecular flexibility index (Phi) is 4.21. The summed E-state index contributed by atoms with van der Waals surface area (Å²) >= 11 is 0.714. The van der Waals surface area contributed by atoms with Crippen LogP contribution in [0.4, 0.5) is 4.79 Å². The lowest BCUT2D eigenvalue weighted by Gasteiger charge is -2.07. The van der Waals surface area contributed by atoms with Gasteiger partial charge in [-0.05, 0) is 29.0 Å². The van der Waals surface area contributed by atoms with Gasteiger partial charge in [0.05, 0.1) is 11.5 Å². The third-order valence-corrected chi connectivity index (χ3v) is 3.53. The van der Waals surface area contributed by atoms with Crippen molar-refractivity contribution in [3.63, 3.8) is 0 Å². The highest BCUT2D eigenvalue weighted by Crippen LogP contribution is 2.31. The smallest absolute Gasteiger partial charge is 0.323 e. The van der Waals surface area contributed by atoms with Gasteiger partial charge in [0, 0.05) is 0 Å². The van der Waals surface area contributed by atoms with Gasteiger partial charge < -0.3 is 10.2 Å². The van der Waals surface area contributed by atoms with E-state index in [2.05, 4.69) is 0 Å². The summed E-state index contributed by atoms with van der Waals surface area (Å²) in [6.45, 7) is -0.707. The van der Waals surface area contributed by atoms with Crippen LogP contribution in [0.2, 0.25) is 0 Å². The van der Waals surface area contributed by atoms with Gasteiger partial charge in [-0.2, -0.15) is 0 Å². The number of carboxylic acids is 1. The van der Waals surface area contributed by atoms with Crippen LogP contribution in [0, 0.1) is 0 Å². The maximum atomic E-state index is 11.9. The van der Waals surface area contributed by atoms with Gasteiger partial charge in [0.25, 0.3) is 11.1 Å². The number of benzene rings is 1. The van der Waals surface area contributed by atoms with Crippen LogP contribution in [0.5, 0.6) is 0 Å². The lowest BCUT2D eigenvalue weighted by Crippen LogP contribution is -2.33. The minimum Gasteiger partial charge on any atom is -0.480 e.